The summed E-state index contributed by atoms with van der Waals surface area (Å²) >= 11 is 0. The molecule has 0 saturated carbocycles. The zero-order chi connectivity index (χ0) is 68.3. The normalized spacial score (nSPS) is 9.22. The van der Waals surface area contributed by atoms with E-state index < -0.39 is 0 Å². The van der Waals surface area contributed by atoms with Gasteiger partial charge in [-0.05, 0) is 35.7 Å². The summed E-state index contributed by atoms with van der Waals surface area (Å²) in [5, 5.41) is 0. The van der Waals surface area contributed by atoms with Gasteiger partial charge >= 0.3 is 84.3 Å². The molecular formula is C86H72Ir6N10Pt6-18. The van der Waals surface area contributed by atoms with Gasteiger partial charge in [-0.1, -0.05) is 23.8 Å². The van der Waals surface area contributed by atoms with E-state index in [0.717, 1.165) is 144 Å². The molecular weight excluding hydrogens is 3500 g/mol. The van der Waals surface area contributed by atoms with Crippen LogP contribution in [-0.4, -0.2) is 49.8 Å². The fourth-order valence-electron chi connectivity index (χ4n) is 8.62. The Balaban J connectivity index is -0.000000283. The zero-order valence-corrected chi connectivity index (χ0v) is 86.2. The average Bonchev–Trinajstić information content (AvgIpc) is 0.821. The third kappa shape index (κ3) is 38.6. The second kappa shape index (κ2) is 67.2. The quantitative estimate of drug-likeness (QED) is 0.0766. The van der Waals surface area contributed by atoms with E-state index in [9.17, 15) is 0 Å². The summed E-state index contributed by atoms with van der Waals surface area (Å²) in [5.74, 6) is 1.29. The van der Waals surface area contributed by atoms with Crippen molar-refractivity contribution in [3.05, 3.63) is 382 Å². The van der Waals surface area contributed by atoms with E-state index in [1.807, 2.05) is 97.2 Å². The maximum Gasteiger partial charge on any atom is 2.00 e. The largest absolute Gasteiger partial charge is 2.00 e. The van der Waals surface area contributed by atoms with Gasteiger partial charge in [-0.3, -0.25) is 64.7 Å². The van der Waals surface area contributed by atoms with Crippen LogP contribution >= 0.6 is 0 Å². The fourth-order valence-corrected chi connectivity index (χ4v) is 8.62. The number of pyridine rings is 6. The van der Waals surface area contributed by atoms with Crippen LogP contribution < -0.4 is 0 Å². The van der Waals surface area contributed by atoms with Crippen molar-refractivity contribution in [2.75, 3.05) is 0 Å². The number of benzene rings is 4. The van der Waals surface area contributed by atoms with Gasteiger partial charge < -0.3 is 168 Å². The van der Waals surface area contributed by atoms with Gasteiger partial charge in [0.25, 0.3) is 0 Å². The van der Waals surface area contributed by atoms with Crippen molar-refractivity contribution >= 4 is 0 Å². The second-order valence-electron chi connectivity index (χ2n) is 20.4. The zero-order valence-electron chi connectivity index (χ0n) is 58.2. The summed E-state index contributed by atoms with van der Waals surface area (Å²) in [5.41, 5.74) is 20.4. The van der Waals surface area contributed by atoms with Crippen LogP contribution in [0.25, 0.3) is 68.1 Å². The van der Waals surface area contributed by atoms with E-state index in [1.54, 1.807) is 49.4 Å². The molecule has 0 aliphatic rings. The first-order valence-electron chi connectivity index (χ1n) is 31.1. The Bertz CT molecular complexity index is 3810. The van der Waals surface area contributed by atoms with Gasteiger partial charge in [0.15, 0.2) is 0 Å². The molecule has 0 aliphatic heterocycles. The van der Waals surface area contributed by atoms with E-state index in [0.29, 0.717) is 68.0 Å². The third-order valence-corrected chi connectivity index (χ3v) is 14.0. The standard InChI is InChI=1S/2C15H12N.4C14H12N2.6Ir.6Pt/c1-3-12-6-5-7-14(10-12)15-9-8-13(4-2)11-16-15;1-3-12-8-9-14(11-13(12)4-2)15-7-5-6-10-16-15;1-3-11-6-7-13(10-12(11)4-2)14-15-8-5-9-16-14;1-3-11-6-5-7-13(8-11)14-15-9-12(4-2)10-16-14;1-3-11-8-9-13(15-10-11)14-7-5-6-12(4-2)16-14;1-3-11-8-9-14(16-12(11)4-2)13-7-5-6-10-15-13;;;;;;;;;;;;/h5-6,8,11H,1-4H2;5-6,8,10H,1-4H2;5-6,8-9H,1-4H2;5-6,9-10H,1-4H2;2*5-6,8,10H,1-4H2;;;;;;;;;;;;/q2*-5;4*-4;;;;;;;;;4*+2. The monoisotopic (exact) mass is 3570 g/mol. The van der Waals surface area contributed by atoms with Crippen LogP contribution in [-0.2, 0) is 324 Å². The predicted octanol–water partition coefficient (Wildman–Crippen LogP) is 15.8. The molecule has 12 rings (SSSR count). The van der Waals surface area contributed by atoms with Gasteiger partial charge in [0.2, 0.25) is 0 Å². The Morgan fingerprint density at radius 1 is 0.278 bits per heavy atom. The molecule has 0 unspecified atom stereocenters. The van der Waals surface area contributed by atoms with Crippen LogP contribution in [0.2, 0.25) is 0 Å². The Labute approximate surface area is 812 Å². The fraction of sp³-hybridized carbons (Fsp3) is 0.140. The summed E-state index contributed by atoms with van der Waals surface area (Å²) in [6, 6.07) is 73.9. The topological polar surface area (TPSA) is 129 Å². The molecule has 8 heterocycles. The molecule has 22 heteroatoms. The van der Waals surface area contributed by atoms with Gasteiger partial charge in [0, 0.05) is 188 Å². The van der Waals surface area contributed by atoms with Gasteiger partial charge in [0.1, 0.15) is 0 Å². The maximum absolute atomic E-state index is 4.48. The molecule has 6 radical (unpaired) electrons. The van der Waals surface area contributed by atoms with Crippen LogP contribution in [0.4, 0.5) is 0 Å². The number of rotatable bonds is 18. The molecule has 0 spiro atoms. The summed E-state index contributed by atoms with van der Waals surface area (Å²) in [6.45, 7) is 46.1. The molecule has 0 N–H and O–H groups in total. The van der Waals surface area contributed by atoms with Crippen LogP contribution in [0.15, 0.2) is 147 Å². The molecule has 0 bridgehead atoms. The average molecular weight is 3570 g/mol. The molecule has 4 aromatic carbocycles. The first-order valence-corrected chi connectivity index (χ1v) is 31.1. The number of hydrogen-bond acceptors (Lipinski definition) is 10. The molecule has 108 heavy (non-hydrogen) atoms. The summed E-state index contributed by atoms with van der Waals surface area (Å²) in [6.07, 6.45) is 22.6. The first kappa shape index (κ1) is 117. The van der Waals surface area contributed by atoms with Crippen molar-refractivity contribution in [1.29, 1.82) is 0 Å². The van der Waals surface area contributed by atoms with E-state index >= 15 is 0 Å². The van der Waals surface area contributed by atoms with Crippen LogP contribution in [0, 0.1) is 168 Å². The van der Waals surface area contributed by atoms with Crippen molar-refractivity contribution in [3.8, 4) is 68.1 Å². The smallest absolute Gasteiger partial charge is 0.391 e. The Kier molecular flexibility index (Phi) is 72.7. The van der Waals surface area contributed by atoms with Crippen molar-refractivity contribution in [2.24, 2.45) is 0 Å². The molecule has 10 nitrogen and oxygen atoms in total. The third-order valence-electron chi connectivity index (χ3n) is 14.0. The SMILES string of the molecule is [CH2-]Cc1[c-]c(-c2[c-]cc(C[CH2-])cn2)[c-]cc1.[CH2-]Cc1[c-]c(-c2[c-]cccn2)[c-]cc1C[CH2-].[CH2-]Cc1[c-]c(-c2ncc(C[CH2-])cn2)[c-]cc1.[CH2-]Cc1[c-]c(-c2ncccn2)[c-]cc1C[CH2-].[CH2-]Cc1c[c-]c(-c2[c-]ccc(C[CH2-])n2)nc1.[CH2-]Cc1c[c-]c(-c2[c-]cccn2)nc1C[CH2-].[Ir].[Ir].[Ir].[Ir].[Ir].[Ir].[Pt+2].[Pt+2].[Pt+2].[Pt+2].[Pt].[Pt]. The summed E-state index contributed by atoms with van der Waals surface area (Å²) < 4.78 is 0. The van der Waals surface area contributed by atoms with Gasteiger partial charge in [-0.25, -0.2) is 120 Å². The number of nitrogens with zero attached hydrogens (tertiary/aromatic N) is 10. The first-order chi connectivity index (χ1) is 47.0. The molecule has 0 fully saturated rings. The minimum atomic E-state index is 0. The van der Waals surface area contributed by atoms with Crippen molar-refractivity contribution < 1.29 is 247 Å². The van der Waals surface area contributed by atoms with Crippen molar-refractivity contribution in [3.63, 3.8) is 0 Å². The van der Waals surface area contributed by atoms with Crippen molar-refractivity contribution in [1.82, 2.24) is 49.8 Å². The number of aromatic nitrogens is 10. The summed E-state index contributed by atoms with van der Waals surface area (Å²) in [7, 11) is 0. The molecule has 8 aromatic heterocycles. The molecule has 598 valence electrons. The maximum atomic E-state index is 4.48. The molecule has 0 saturated heterocycles. The van der Waals surface area contributed by atoms with Crippen LogP contribution in [0.1, 0.15) is 67.0 Å². The Morgan fingerprint density at radius 3 is 1.13 bits per heavy atom. The van der Waals surface area contributed by atoms with Crippen molar-refractivity contribution in [2.45, 2.75) is 77.0 Å². The van der Waals surface area contributed by atoms with Gasteiger partial charge in [0.05, 0.1) is 0 Å². The molecule has 0 atom stereocenters. The molecule has 0 aliphatic carbocycles. The minimum Gasteiger partial charge on any atom is -0.391 e. The Hall–Kier alpha value is -2.03. The van der Waals surface area contributed by atoms with E-state index in [-0.39, 0.29) is 247 Å². The van der Waals surface area contributed by atoms with Crippen LogP contribution in [0.3, 0.4) is 0 Å². The summed E-state index contributed by atoms with van der Waals surface area (Å²) in [4.78, 5) is 42.8. The molecule has 12 aromatic rings. The molecule has 0 amide bonds. The van der Waals surface area contributed by atoms with Crippen LogP contribution in [0.5, 0.6) is 0 Å². The van der Waals surface area contributed by atoms with E-state index in [2.05, 4.69) is 218 Å². The van der Waals surface area contributed by atoms with E-state index in [1.165, 1.54) is 0 Å². The predicted molar refractivity (Wildman–Crippen MR) is 382 cm³/mol. The van der Waals surface area contributed by atoms with Gasteiger partial charge in [-0.15, -0.1) is 41.0 Å². The number of hydrogen-bond donors (Lipinski definition) is 0. The van der Waals surface area contributed by atoms with E-state index in [4.69, 9.17) is 0 Å². The van der Waals surface area contributed by atoms with Gasteiger partial charge in [-0.2, -0.15) is 98.0 Å². The second-order valence-corrected chi connectivity index (χ2v) is 20.4. The minimum absolute atomic E-state index is 0. The Morgan fingerprint density at radius 2 is 0.667 bits per heavy atom.